The van der Waals surface area contributed by atoms with E-state index >= 15 is 0 Å². The lowest BCUT2D eigenvalue weighted by atomic mass is 9.87. The van der Waals surface area contributed by atoms with Crippen molar-refractivity contribution in [3.63, 3.8) is 0 Å². The zero-order chi connectivity index (χ0) is 14.1. The topological polar surface area (TPSA) is 21.3 Å². The van der Waals surface area contributed by atoms with Gasteiger partial charge in [0.1, 0.15) is 11.6 Å². The van der Waals surface area contributed by atoms with Gasteiger partial charge in [0, 0.05) is 6.04 Å². The van der Waals surface area contributed by atoms with Crippen LogP contribution in [0.5, 0.6) is 5.75 Å². The summed E-state index contributed by atoms with van der Waals surface area (Å²) in [5.41, 5.74) is 3.34. The molecule has 0 aliphatic carbocycles. The maximum Gasteiger partial charge on any atom is 0.123 e. The van der Waals surface area contributed by atoms with E-state index in [4.69, 9.17) is 4.74 Å². The highest BCUT2D eigenvalue weighted by molar-refractivity contribution is 5.42. The molecule has 20 heavy (non-hydrogen) atoms. The number of methoxy groups -OCH3 is 1. The van der Waals surface area contributed by atoms with Gasteiger partial charge in [0.05, 0.1) is 13.2 Å². The first-order valence-corrected chi connectivity index (χ1v) is 6.85. The molecule has 0 spiro atoms. The van der Waals surface area contributed by atoms with Crippen LogP contribution in [0.25, 0.3) is 0 Å². The summed E-state index contributed by atoms with van der Waals surface area (Å²) in [5, 5.41) is 3.55. The number of halogens is 1. The second kappa shape index (κ2) is 5.25. The Labute approximate surface area is 118 Å². The van der Waals surface area contributed by atoms with Crippen molar-refractivity contribution in [1.82, 2.24) is 5.32 Å². The zero-order valence-electron chi connectivity index (χ0n) is 11.7. The molecular weight excluding hydrogens is 253 g/mol. The fraction of sp³-hybridized carbons (Fsp3) is 0.294. The average Bonchev–Trinajstić information content (AvgIpc) is 2.47. The van der Waals surface area contributed by atoms with Crippen LogP contribution >= 0.6 is 0 Å². The number of nitrogens with one attached hydrogen (secondary N) is 1. The largest absolute Gasteiger partial charge is 0.497 e. The number of benzene rings is 2. The van der Waals surface area contributed by atoms with E-state index in [-0.39, 0.29) is 11.9 Å². The standard InChI is InChI=1S/C17H18FNO/c1-11-8-12-6-7-14(18)10-16(12)17(19-11)13-4-3-5-15(9-13)20-2/h3-7,9-11,17,19H,8H2,1-2H3. The monoisotopic (exact) mass is 271 g/mol. The predicted octanol–water partition coefficient (Wildman–Crippen LogP) is 3.46. The highest BCUT2D eigenvalue weighted by atomic mass is 19.1. The van der Waals surface area contributed by atoms with Crippen LogP contribution in [-0.4, -0.2) is 13.2 Å². The van der Waals surface area contributed by atoms with Crippen LogP contribution in [0.1, 0.15) is 29.7 Å². The van der Waals surface area contributed by atoms with Gasteiger partial charge in [-0.1, -0.05) is 18.2 Å². The van der Waals surface area contributed by atoms with E-state index in [1.807, 2.05) is 30.3 Å². The van der Waals surface area contributed by atoms with Crippen molar-refractivity contribution in [1.29, 1.82) is 0 Å². The minimum atomic E-state index is -0.187. The third kappa shape index (κ3) is 2.41. The van der Waals surface area contributed by atoms with E-state index < -0.39 is 0 Å². The molecule has 0 saturated carbocycles. The molecule has 1 aliphatic heterocycles. The second-order valence-corrected chi connectivity index (χ2v) is 5.32. The molecule has 1 aliphatic rings. The van der Waals surface area contributed by atoms with E-state index in [9.17, 15) is 4.39 Å². The Morgan fingerprint density at radius 2 is 2.05 bits per heavy atom. The van der Waals surface area contributed by atoms with Crippen LogP contribution in [0.15, 0.2) is 42.5 Å². The fourth-order valence-corrected chi connectivity index (χ4v) is 2.88. The first kappa shape index (κ1) is 13.1. The minimum Gasteiger partial charge on any atom is -0.497 e. The lowest BCUT2D eigenvalue weighted by molar-refractivity contribution is 0.411. The summed E-state index contributed by atoms with van der Waals surface area (Å²) in [6.07, 6.45) is 0.927. The zero-order valence-corrected chi connectivity index (χ0v) is 11.7. The van der Waals surface area contributed by atoms with E-state index in [0.717, 1.165) is 23.3 Å². The Morgan fingerprint density at radius 1 is 1.20 bits per heavy atom. The molecule has 0 aromatic heterocycles. The average molecular weight is 271 g/mol. The summed E-state index contributed by atoms with van der Waals surface area (Å²) in [4.78, 5) is 0. The quantitative estimate of drug-likeness (QED) is 0.903. The van der Waals surface area contributed by atoms with Gasteiger partial charge in [-0.2, -0.15) is 0 Å². The predicted molar refractivity (Wildman–Crippen MR) is 77.5 cm³/mol. The number of fused-ring (bicyclic) bond motifs is 1. The normalized spacial score (nSPS) is 21.4. The van der Waals surface area contributed by atoms with Crippen molar-refractivity contribution in [3.05, 3.63) is 65.0 Å². The lowest BCUT2D eigenvalue weighted by Crippen LogP contribution is -2.38. The van der Waals surface area contributed by atoms with Crippen molar-refractivity contribution >= 4 is 0 Å². The number of hydrogen-bond acceptors (Lipinski definition) is 2. The summed E-state index contributed by atoms with van der Waals surface area (Å²) < 4.78 is 18.9. The Morgan fingerprint density at radius 3 is 2.85 bits per heavy atom. The SMILES string of the molecule is COc1cccc(C2NC(C)Cc3ccc(F)cc32)c1. The van der Waals surface area contributed by atoms with Crippen LogP contribution < -0.4 is 10.1 Å². The summed E-state index contributed by atoms with van der Waals surface area (Å²) >= 11 is 0. The molecule has 2 aromatic rings. The van der Waals surface area contributed by atoms with Crippen molar-refractivity contribution in [3.8, 4) is 5.75 Å². The van der Waals surface area contributed by atoms with Gasteiger partial charge in [-0.05, 0) is 54.3 Å². The van der Waals surface area contributed by atoms with Crippen molar-refractivity contribution in [2.45, 2.75) is 25.4 Å². The van der Waals surface area contributed by atoms with E-state index in [2.05, 4.69) is 12.2 Å². The molecule has 3 heteroatoms. The fourth-order valence-electron chi connectivity index (χ4n) is 2.88. The number of ether oxygens (including phenoxy) is 1. The summed E-state index contributed by atoms with van der Waals surface area (Å²) in [5.74, 6) is 0.633. The van der Waals surface area contributed by atoms with Crippen molar-refractivity contribution in [2.75, 3.05) is 7.11 Å². The summed E-state index contributed by atoms with van der Waals surface area (Å²) in [6, 6.07) is 13.4. The van der Waals surface area contributed by atoms with Crippen molar-refractivity contribution in [2.24, 2.45) is 0 Å². The molecule has 1 heterocycles. The second-order valence-electron chi connectivity index (χ2n) is 5.32. The molecule has 2 unspecified atom stereocenters. The minimum absolute atomic E-state index is 0.0135. The van der Waals surface area contributed by atoms with E-state index in [0.29, 0.717) is 6.04 Å². The van der Waals surface area contributed by atoms with Gasteiger partial charge in [0.15, 0.2) is 0 Å². The molecule has 0 fully saturated rings. The van der Waals surface area contributed by atoms with Gasteiger partial charge in [0.2, 0.25) is 0 Å². The molecule has 1 N–H and O–H groups in total. The molecule has 0 radical (unpaired) electrons. The van der Waals surface area contributed by atoms with Crippen molar-refractivity contribution < 1.29 is 9.13 Å². The smallest absolute Gasteiger partial charge is 0.123 e. The molecule has 2 aromatic carbocycles. The third-order valence-corrected chi connectivity index (χ3v) is 3.82. The van der Waals surface area contributed by atoms with Crippen LogP contribution in [0.2, 0.25) is 0 Å². The first-order chi connectivity index (χ1) is 9.67. The molecule has 0 bridgehead atoms. The van der Waals surface area contributed by atoms with E-state index in [1.165, 1.54) is 5.56 Å². The van der Waals surface area contributed by atoms with Gasteiger partial charge in [-0.15, -0.1) is 0 Å². The van der Waals surface area contributed by atoms with Gasteiger partial charge >= 0.3 is 0 Å². The van der Waals surface area contributed by atoms with Gasteiger partial charge in [-0.25, -0.2) is 4.39 Å². The molecular formula is C17H18FNO. The Balaban J connectivity index is 2.07. The van der Waals surface area contributed by atoms with Gasteiger partial charge < -0.3 is 10.1 Å². The number of hydrogen-bond donors (Lipinski definition) is 1. The maximum absolute atomic E-state index is 13.6. The Bertz CT molecular complexity index is 626. The highest BCUT2D eigenvalue weighted by Crippen LogP contribution is 2.32. The maximum atomic E-state index is 13.6. The van der Waals surface area contributed by atoms with Crippen LogP contribution in [-0.2, 0) is 6.42 Å². The van der Waals surface area contributed by atoms with Crippen LogP contribution in [0, 0.1) is 5.82 Å². The van der Waals surface area contributed by atoms with Gasteiger partial charge in [0.25, 0.3) is 0 Å². The first-order valence-electron chi connectivity index (χ1n) is 6.85. The Kier molecular flexibility index (Phi) is 3.45. The summed E-state index contributed by atoms with van der Waals surface area (Å²) in [6.45, 7) is 2.15. The van der Waals surface area contributed by atoms with Crippen LogP contribution in [0.4, 0.5) is 4.39 Å². The van der Waals surface area contributed by atoms with E-state index in [1.54, 1.807) is 19.2 Å². The third-order valence-electron chi connectivity index (χ3n) is 3.82. The van der Waals surface area contributed by atoms with Gasteiger partial charge in [-0.3, -0.25) is 0 Å². The molecule has 104 valence electrons. The highest BCUT2D eigenvalue weighted by Gasteiger charge is 2.25. The lowest BCUT2D eigenvalue weighted by Gasteiger charge is -2.32. The summed E-state index contributed by atoms with van der Waals surface area (Å²) in [7, 11) is 1.66. The van der Waals surface area contributed by atoms with Crippen LogP contribution in [0.3, 0.4) is 0 Å². The molecule has 3 rings (SSSR count). The number of rotatable bonds is 2. The Hall–Kier alpha value is -1.87. The molecule has 0 amide bonds. The molecule has 2 nitrogen and oxygen atoms in total. The molecule has 0 saturated heterocycles. The molecule has 2 atom stereocenters.